The first-order chi connectivity index (χ1) is 22.1. The van der Waals surface area contributed by atoms with Crippen LogP contribution in [0.25, 0.3) is 0 Å². The fraction of sp³-hybridized carbons (Fsp3) is 0.316. The zero-order chi connectivity index (χ0) is 31.3. The zero-order valence-corrected chi connectivity index (χ0v) is 26.6. The van der Waals surface area contributed by atoms with E-state index in [-0.39, 0.29) is 24.4 Å². The summed E-state index contributed by atoms with van der Waals surface area (Å²) >= 11 is 7.15. The molecule has 0 aliphatic carbocycles. The summed E-state index contributed by atoms with van der Waals surface area (Å²) in [4.78, 5) is 0. The minimum absolute atomic E-state index is 0.171. The molecule has 0 saturated heterocycles. The molecule has 6 nitrogen and oxygen atoms in total. The fourth-order valence-corrected chi connectivity index (χ4v) is 5.28. The van der Waals surface area contributed by atoms with E-state index >= 15 is 0 Å². The predicted octanol–water partition coefficient (Wildman–Crippen LogP) is 8.19. The highest BCUT2D eigenvalue weighted by Crippen LogP contribution is 2.35. The summed E-state index contributed by atoms with van der Waals surface area (Å²) in [7, 11) is 0. The lowest BCUT2D eigenvalue weighted by Crippen LogP contribution is -2.45. The highest BCUT2D eigenvalue weighted by atomic mass is 35.5. The molecule has 5 rings (SSSR count). The molecule has 0 N–H and O–H groups in total. The second-order valence-electron chi connectivity index (χ2n) is 11.2. The van der Waals surface area contributed by atoms with Gasteiger partial charge in [0, 0.05) is 0 Å². The van der Waals surface area contributed by atoms with Crippen LogP contribution in [0.5, 0.6) is 0 Å². The molecule has 236 valence electrons. The van der Waals surface area contributed by atoms with E-state index in [1.807, 2.05) is 135 Å². The van der Waals surface area contributed by atoms with E-state index < -0.39 is 24.6 Å². The Bertz CT molecular complexity index is 1430. The number of rotatable bonds is 15. The predicted molar refractivity (Wildman–Crippen MR) is 175 cm³/mol. The summed E-state index contributed by atoms with van der Waals surface area (Å²) in [6.07, 6.45) is -3.05. The average Bonchev–Trinajstić information content (AvgIpc) is 3.17. The summed E-state index contributed by atoms with van der Waals surface area (Å²) in [6, 6.07) is 40.0. The quantitative estimate of drug-likeness (QED) is 0.132. The first-order valence-electron chi connectivity index (χ1n) is 15.4. The Kier molecular flexibility index (Phi) is 12.6. The van der Waals surface area contributed by atoms with Crippen LogP contribution in [-0.2, 0) is 54.8 Å². The van der Waals surface area contributed by atoms with Crippen LogP contribution in [0.3, 0.4) is 0 Å². The summed E-state index contributed by atoms with van der Waals surface area (Å²) in [5.41, 5.74) is 4.08. The van der Waals surface area contributed by atoms with Crippen molar-refractivity contribution in [3.63, 3.8) is 0 Å². The number of halogens is 1. The van der Waals surface area contributed by atoms with E-state index in [2.05, 4.69) is 0 Å². The second-order valence-corrected chi connectivity index (χ2v) is 11.6. The van der Waals surface area contributed by atoms with Gasteiger partial charge in [0.25, 0.3) is 0 Å². The van der Waals surface area contributed by atoms with E-state index in [9.17, 15) is 0 Å². The molecule has 45 heavy (non-hydrogen) atoms. The standard InChI is InChI=1S/C38H41ClO6/c1-28(2)44-38-34(39)36(42-25-31-19-11-5-12-20-31)37(43-26-32-21-13-6-14-22-32)35(41-24-30-17-9-4-10-18-30)33(45-38)27-40-23-29-15-7-3-8-16-29/h3-22,28,33,35,37-38H,23-27H2,1-2H3/t33-,35-,37+,38+/m1/s1. The Morgan fingerprint density at radius 2 is 1.09 bits per heavy atom. The third kappa shape index (κ3) is 10.00. The normalized spacial score (nSPS) is 20.3. The van der Waals surface area contributed by atoms with Gasteiger partial charge in [-0.05, 0) is 36.1 Å². The van der Waals surface area contributed by atoms with Crippen molar-refractivity contribution in [1.82, 2.24) is 0 Å². The molecule has 0 bridgehead atoms. The van der Waals surface area contributed by atoms with Gasteiger partial charge in [-0.15, -0.1) is 0 Å². The molecule has 4 aromatic carbocycles. The van der Waals surface area contributed by atoms with Crippen molar-refractivity contribution in [2.45, 2.75) is 71.0 Å². The van der Waals surface area contributed by atoms with Crippen LogP contribution in [0.1, 0.15) is 36.1 Å². The molecular formula is C38H41ClO6. The van der Waals surface area contributed by atoms with Crippen molar-refractivity contribution in [3.05, 3.63) is 154 Å². The lowest BCUT2D eigenvalue weighted by molar-refractivity contribution is -0.216. The van der Waals surface area contributed by atoms with Gasteiger partial charge in [-0.25, -0.2) is 0 Å². The van der Waals surface area contributed by atoms with Crippen molar-refractivity contribution >= 4 is 11.6 Å². The van der Waals surface area contributed by atoms with Gasteiger partial charge < -0.3 is 28.4 Å². The summed E-state index contributed by atoms with van der Waals surface area (Å²) in [5.74, 6) is 0.422. The maximum Gasteiger partial charge on any atom is 0.198 e. The number of ether oxygens (including phenoxy) is 6. The van der Waals surface area contributed by atoms with Gasteiger partial charge in [0.05, 0.1) is 32.5 Å². The molecule has 0 radical (unpaired) electrons. The van der Waals surface area contributed by atoms with Crippen LogP contribution >= 0.6 is 11.6 Å². The van der Waals surface area contributed by atoms with Gasteiger partial charge in [-0.1, -0.05) is 133 Å². The van der Waals surface area contributed by atoms with Crippen molar-refractivity contribution in [2.24, 2.45) is 0 Å². The van der Waals surface area contributed by atoms with E-state index in [0.29, 0.717) is 25.6 Å². The van der Waals surface area contributed by atoms with Crippen LogP contribution in [0, 0.1) is 0 Å². The van der Waals surface area contributed by atoms with Gasteiger partial charge >= 0.3 is 0 Å². The largest absolute Gasteiger partial charge is 0.489 e. The summed E-state index contributed by atoms with van der Waals surface area (Å²) < 4.78 is 39.0. The Hall–Kier alpha value is -3.49. The topological polar surface area (TPSA) is 55.4 Å². The van der Waals surface area contributed by atoms with Crippen molar-refractivity contribution in [1.29, 1.82) is 0 Å². The molecule has 1 heterocycles. The minimum Gasteiger partial charge on any atom is -0.489 e. The first kappa shape index (κ1) is 32.9. The van der Waals surface area contributed by atoms with Crippen molar-refractivity contribution < 1.29 is 28.4 Å². The Morgan fingerprint density at radius 3 is 1.60 bits per heavy atom. The molecule has 0 amide bonds. The van der Waals surface area contributed by atoms with E-state index in [4.69, 9.17) is 40.0 Å². The van der Waals surface area contributed by atoms with Gasteiger partial charge in [0.2, 0.25) is 0 Å². The Labute approximate surface area is 271 Å². The highest BCUT2D eigenvalue weighted by molar-refractivity contribution is 6.30. The lowest BCUT2D eigenvalue weighted by atomic mass is 10.1. The van der Waals surface area contributed by atoms with Crippen LogP contribution in [0.2, 0.25) is 0 Å². The SMILES string of the molecule is CC(C)O[C@H]1O[C@H](COCc2ccccc2)[C@@H](OCc2ccccc2)[C@H](OCc2ccccc2)C(OCc2ccccc2)=C1Cl. The molecule has 7 heteroatoms. The third-order valence-electron chi connectivity index (χ3n) is 7.25. The molecular weight excluding hydrogens is 588 g/mol. The molecule has 0 unspecified atom stereocenters. The number of hydrogen-bond donors (Lipinski definition) is 0. The number of hydrogen-bond acceptors (Lipinski definition) is 6. The molecule has 0 fully saturated rings. The van der Waals surface area contributed by atoms with Crippen molar-refractivity contribution in [3.8, 4) is 0 Å². The van der Waals surface area contributed by atoms with Gasteiger partial charge in [0.15, 0.2) is 6.29 Å². The maximum atomic E-state index is 7.15. The first-order valence-corrected chi connectivity index (χ1v) is 15.7. The Balaban J connectivity index is 1.49. The molecule has 0 spiro atoms. The molecule has 0 saturated carbocycles. The van der Waals surface area contributed by atoms with Crippen LogP contribution in [0.4, 0.5) is 0 Å². The third-order valence-corrected chi connectivity index (χ3v) is 7.61. The molecule has 4 aromatic rings. The second kappa shape index (κ2) is 17.3. The highest BCUT2D eigenvalue weighted by Gasteiger charge is 2.44. The monoisotopic (exact) mass is 628 g/mol. The lowest BCUT2D eigenvalue weighted by Gasteiger charge is -2.33. The minimum atomic E-state index is -0.907. The average molecular weight is 629 g/mol. The molecule has 0 aromatic heterocycles. The van der Waals surface area contributed by atoms with Gasteiger partial charge in [-0.3, -0.25) is 0 Å². The summed E-state index contributed by atoms with van der Waals surface area (Å²) in [5, 5.41) is 0.288. The van der Waals surface area contributed by atoms with E-state index in [0.717, 1.165) is 22.3 Å². The smallest absolute Gasteiger partial charge is 0.198 e. The zero-order valence-electron chi connectivity index (χ0n) is 25.8. The number of benzene rings is 4. The Morgan fingerprint density at radius 1 is 0.622 bits per heavy atom. The maximum absolute atomic E-state index is 7.15. The van der Waals surface area contributed by atoms with Crippen LogP contribution in [-0.4, -0.2) is 37.3 Å². The van der Waals surface area contributed by atoms with Crippen LogP contribution in [0.15, 0.2) is 132 Å². The van der Waals surface area contributed by atoms with E-state index in [1.165, 1.54) is 0 Å². The molecule has 1 aliphatic heterocycles. The van der Waals surface area contributed by atoms with Crippen molar-refractivity contribution in [2.75, 3.05) is 6.61 Å². The van der Waals surface area contributed by atoms with Gasteiger partial charge in [-0.2, -0.15) is 0 Å². The summed E-state index contributed by atoms with van der Waals surface area (Å²) in [6.45, 7) is 5.43. The molecule has 4 atom stereocenters. The van der Waals surface area contributed by atoms with Crippen LogP contribution < -0.4 is 0 Å². The van der Waals surface area contributed by atoms with Gasteiger partial charge in [0.1, 0.15) is 35.7 Å². The fourth-order valence-electron chi connectivity index (χ4n) is 5.01. The molecule has 1 aliphatic rings. The van der Waals surface area contributed by atoms with E-state index in [1.54, 1.807) is 0 Å².